The average Bonchev–Trinajstić information content (AvgIpc) is 2.68. The van der Waals surface area contributed by atoms with E-state index < -0.39 is 9.84 Å². The van der Waals surface area contributed by atoms with Crippen LogP contribution in [-0.4, -0.2) is 36.4 Å². The van der Waals surface area contributed by atoms with E-state index in [0.717, 1.165) is 0 Å². The normalized spacial score (nSPS) is 29.6. The highest BCUT2D eigenvalue weighted by atomic mass is 32.2. The van der Waals surface area contributed by atoms with Gasteiger partial charge in [-0.3, -0.25) is 5.41 Å². The molecule has 0 aromatic heterocycles. The van der Waals surface area contributed by atoms with Crippen LogP contribution >= 0.6 is 11.8 Å². The van der Waals surface area contributed by atoms with Crippen LogP contribution in [0.15, 0.2) is 24.3 Å². The summed E-state index contributed by atoms with van der Waals surface area (Å²) in [5.74, 6) is -0.227. The van der Waals surface area contributed by atoms with E-state index in [1.807, 2.05) is 0 Å². The van der Waals surface area contributed by atoms with Crippen LogP contribution in [0.2, 0.25) is 0 Å². The first kappa shape index (κ1) is 12.0. The standard InChI is InChI=1S/C11H11FN2O2S2/c12-7-2-1-3-8(4-7)14-9-5-18(15,16)6-10(9)17-11(14)13/h1-4,9-10,13H,5-6H2/t9-,10+/m0/s1. The first-order valence-corrected chi connectivity index (χ1v) is 8.17. The lowest BCUT2D eigenvalue weighted by molar-refractivity contribution is 0.601. The Balaban J connectivity index is 1.99. The molecule has 2 fully saturated rings. The fourth-order valence-electron chi connectivity index (χ4n) is 2.44. The lowest BCUT2D eigenvalue weighted by Gasteiger charge is -2.23. The zero-order valence-corrected chi connectivity index (χ0v) is 11.0. The van der Waals surface area contributed by atoms with Crippen molar-refractivity contribution < 1.29 is 12.8 Å². The minimum Gasteiger partial charge on any atom is -0.316 e. The van der Waals surface area contributed by atoms with Crippen molar-refractivity contribution in [1.82, 2.24) is 0 Å². The van der Waals surface area contributed by atoms with Gasteiger partial charge in [-0.1, -0.05) is 17.8 Å². The van der Waals surface area contributed by atoms with E-state index in [4.69, 9.17) is 5.41 Å². The minimum atomic E-state index is -3.03. The van der Waals surface area contributed by atoms with Gasteiger partial charge in [0.15, 0.2) is 15.0 Å². The Kier molecular flexibility index (Phi) is 2.63. The number of rotatable bonds is 1. The summed E-state index contributed by atoms with van der Waals surface area (Å²) < 4.78 is 36.4. The minimum absolute atomic E-state index is 0.0452. The summed E-state index contributed by atoms with van der Waals surface area (Å²) in [5.41, 5.74) is 0.553. The molecule has 1 N–H and O–H groups in total. The molecule has 0 radical (unpaired) electrons. The first-order chi connectivity index (χ1) is 8.46. The summed E-state index contributed by atoms with van der Waals surface area (Å²) in [6.45, 7) is 0. The van der Waals surface area contributed by atoms with Crippen molar-refractivity contribution in [3.8, 4) is 0 Å². The number of halogens is 1. The quantitative estimate of drug-likeness (QED) is 0.849. The maximum Gasteiger partial charge on any atom is 0.161 e. The SMILES string of the molecule is N=C1S[C@@H]2CS(=O)(=O)C[C@@H]2N1c1cccc(F)c1. The third kappa shape index (κ3) is 1.91. The monoisotopic (exact) mass is 286 g/mol. The Labute approximate surface area is 109 Å². The molecule has 0 spiro atoms. The summed E-state index contributed by atoms with van der Waals surface area (Å²) in [7, 11) is -3.03. The Bertz CT molecular complexity index is 617. The molecule has 2 saturated heterocycles. The molecule has 0 unspecified atom stereocenters. The lowest BCUT2D eigenvalue weighted by Crippen LogP contribution is -2.37. The van der Waals surface area contributed by atoms with Crippen molar-refractivity contribution in [2.75, 3.05) is 16.4 Å². The van der Waals surface area contributed by atoms with Gasteiger partial charge >= 0.3 is 0 Å². The number of nitrogens with one attached hydrogen (secondary N) is 1. The molecule has 2 atom stereocenters. The number of sulfone groups is 1. The highest BCUT2D eigenvalue weighted by Crippen LogP contribution is 2.40. The average molecular weight is 286 g/mol. The molecule has 0 amide bonds. The molecule has 2 heterocycles. The summed E-state index contributed by atoms with van der Waals surface area (Å²) in [6.07, 6.45) is 0. The zero-order valence-electron chi connectivity index (χ0n) is 9.34. The fourth-order valence-corrected chi connectivity index (χ4v) is 6.23. The Morgan fingerprint density at radius 3 is 2.89 bits per heavy atom. The van der Waals surface area contributed by atoms with Gasteiger partial charge in [-0.05, 0) is 18.2 Å². The largest absolute Gasteiger partial charge is 0.316 e. The van der Waals surface area contributed by atoms with Gasteiger partial charge in [0, 0.05) is 10.9 Å². The second-order valence-corrected chi connectivity index (χ2v) is 7.84. The van der Waals surface area contributed by atoms with Crippen LogP contribution in [-0.2, 0) is 9.84 Å². The van der Waals surface area contributed by atoms with Crippen molar-refractivity contribution >= 4 is 32.5 Å². The smallest absolute Gasteiger partial charge is 0.161 e. The summed E-state index contributed by atoms with van der Waals surface area (Å²) in [4.78, 5) is 1.63. The Morgan fingerprint density at radius 2 is 2.17 bits per heavy atom. The van der Waals surface area contributed by atoms with Gasteiger partial charge < -0.3 is 4.90 Å². The highest BCUT2D eigenvalue weighted by Gasteiger charge is 2.48. The van der Waals surface area contributed by atoms with Crippen LogP contribution in [0.25, 0.3) is 0 Å². The van der Waals surface area contributed by atoms with Crippen molar-refractivity contribution in [2.24, 2.45) is 0 Å². The molecular weight excluding hydrogens is 275 g/mol. The van der Waals surface area contributed by atoms with Crippen LogP contribution in [0, 0.1) is 11.2 Å². The zero-order chi connectivity index (χ0) is 12.9. The molecule has 3 rings (SSSR count). The number of benzene rings is 1. The van der Waals surface area contributed by atoms with Crippen molar-refractivity contribution in [1.29, 1.82) is 5.41 Å². The predicted octanol–water partition coefficient (Wildman–Crippen LogP) is 1.48. The van der Waals surface area contributed by atoms with Gasteiger partial charge in [0.1, 0.15) is 5.82 Å². The molecule has 2 aliphatic rings. The molecule has 7 heteroatoms. The second-order valence-electron chi connectivity index (χ2n) is 4.46. The molecule has 0 aliphatic carbocycles. The summed E-state index contributed by atoms with van der Waals surface area (Å²) in [6, 6.07) is 5.70. The van der Waals surface area contributed by atoms with Crippen molar-refractivity contribution in [2.45, 2.75) is 11.3 Å². The molecule has 4 nitrogen and oxygen atoms in total. The van der Waals surface area contributed by atoms with Gasteiger partial charge in [-0.25, -0.2) is 12.8 Å². The van der Waals surface area contributed by atoms with E-state index >= 15 is 0 Å². The molecule has 1 aromatic carbocycles. The first-order valence-electron chi connectivity index (χ1n) is 5.47. The summed E-state index contributed by atoms with van der Waals surface area (Å²) >= 11 is 1.25. The fraction of sp³-hybridized carbons (Fsp3) is 0.364. The van der Waals surface area contributed by atoms with Crippen LogP contribution < -0.4 is 4.90 Å². The van der Waals surface area contributed by atoms with Crippen LogP contribution in [0.3, 0.4) is 0 Å². The molecule has 0 bridgehead atoms. The summed E-state index contributed by atoms with van der Waals surface area (Å²) in [5, 5.41) is 8.10. The van der Waals surface area contributed by atoms with Crippen molar-refractivity contribution in [3.63, 3.8) is 0 Å². The van der Waals surface area contributed by atoms with E-state index in [1.165, 1.54) is 23.9 Å². The maximum absolute atomic E-state index is 13.2. The molecule has 2 aliphatic heterocycles. The number of hydrogen-bond donors (Lipinski definition) is 1. The van der Waals surface area contributed by atoms with Gasteiger partial charge in [0.05, 0.1) is 17.5 Å². The van der Waals surface area contributed by atoms with Crippen LogP contribution in [0.4, 0.5) is 10.1 Å². The number of nitrogens with zero attached hydrogens (tertiary/aromatic N) is 1. The van der Waals surface area contributed by atoms with Gasteiger partial charge in [0.2, 0.25) is 0 Å². The number of hydrogen-bond acceptors (Lipinski definition) is 4. The van der Waals surface area contributed by atoms with Crippen LogP contribution in [0.1, 0.15) is 0 Å². The third-order valence-electron chi connectivity index (χ3n) is 3.17. The van der Waals surface area contributed by atoms with Crippen LogP contribution in [0.5, 0.6) is 0 Å². The highest BCUT2D eigenvalue weighted by molar-refractivity contribution is 8.15. The third-order valence-corrected chi connectivity index (χ3v) is 6.30. The Morgan fingerprint density at radius 1 is 1.39 bits per heavy atom. The number of fused-ring (bicyclic) bond motifs is 1. The van der Waals surface area contributed by atoms with Crippen molar-refractivity contribution in [3.05, 3.63) is 30.1 Å². The lowest BCUT2D eigenvalue weighted by atomic mass is 10.2. The maximum atomic E-state index is 13.2. The second kappa shape index (κ2) is 3.96. The molecular formula is C11H11FN2O2S2. The molecule has 96 valence electrons. The van der Waals surface area contributed by atoms with E-state index in [2.05, 4.69) is 0 Å². The predicted molar refractivity (Wildman–Crippen MR) is 70.4 cm³/mol. The molecule has 0 saturated carbocycles. The topological polar surface area (TPSA) is 61.2 Å². The Hall–Kier alpha value is -1.08. The van der Waals surface area contributed by atoms with Gasteiger partial charge in [-0.2, -0.15) is 0 Å². The van der Waals surface area contributed by atoms with E-state index in [-0.39, 0.29) is 28.6 Å². The van der Waals surface area contributed by atoms with E-state index in [1.54, 1.807) is 17.0 Å². The number of amidine groups is 1. The molecule has 18 heavy (non-hydrogen) atoms. The van der Waals surface area contributed by atoms with Gasteiger partial charge in [-0.15, -0.1) is 0 Å². The number of thioether (sulfide) groups is 1. The molecule has 1 aromatic rings. The van der Waals surface area contributed by atoms with E-state index in [9.17, 15) is 12.8 Å². The number of anilines is 1. The van der Waals surface area contributed by atoms with Gasteiger partial charge in [0.25, 0.3) is 0 Å². The van der Waals surface area contributed by atoms with E-state index in [0.29, 0.717) is 10.9 Å².